The number of rotatable bonds is 7. The van der Waals surface area contributed by atoms with Gasteiger partial charge in [0.25, 0.3) is 5.91 Å². The average molecular weight is 469 g/mol. The van der Waals surface area contributed by atoms with E-state index in [0.29, 0.717) is 17.1 Å². The van der Waals surface area contributed by atoms with Crippen LogP contribution in [0, 0.1) is 0 Å². The van der Waals surface area contributed by atoms with Crippen molar-refractivity contribution in [1.29, 1.82) is 0 Å². The van der Waals surface area contributed by atoms with E-state index >= 15 is 0 Å². The minimum Gasteiger partial charge on any atom is -0.493 e. The van der Waals surface area contributed by atoms with Crippen molar-refractivity contribution in [1.82, 2.24) is 10.2 Å². The molecule has 1 amide bonds. The first-order valence-corrected chi connectivity index (χ1v) is 11.2. The maximum absolute atomic E-state index is 13.0. The summed E-state index contributed by atoms with van der Waals surface area (Å²) in [7, 11) is 5.37. The molecule has 0 aromatic heterocycles. The number of hydrogen-bond donors (Lipinski definition) is 1. The molecular weight excluding hydrogens is 436 g/mol. The summed E-state index contributed by atoms with van der Waals surface area (Å²) in [5, 5.41) is 5.75. The predicted octanol–water partition coefficient (Wildman–Crippen LogP) is 5.40. The normalized spacial score (nSPS) is 17.0. The lowest BCUT2D eigenvalue weighted by molar-refractivity contribution is 0.0848. The number of nitrogens with one attached hydrogen (secondary N) is 1. The fourth-order valence-corrected chi connectivity index (χ4v) is 4.91. The highest BCUT2D eigenvalue weighted by atomic mass is 35.5. The first kappa shape index (κ1) is 24.9. The number of methoxy groups -OCH3 is 2. The topological polar surface area (TPSA) is 50.8 Å². The minimum absolute atomic E-state index is 0. The van der Waals surface area contributed by atoms with Gasteiger partial charge in [0, 0.05) is 23.7 Å². The van der Waals surface area contributed by atoms with Crippen molar-refractivity contribution < 1.29 is 14.3 Å². The molecule has 5 nitrogen and oxygen atoms in total. The summed E-state index contributed by atoms with van der Waals surface area (Å²) in [6, 6.07) is 19.3. The molecule has 3 aromatic carbocycles. The molecule has 3 atom stereocenters. The SMILES string of the molecule is CCC(C1Cc2cc(OC)c(OC)cc2C(=O)N1)N(C)C(C)c1ccc2ccccc2c1.Cl. The molecular formula is C27H33ClN2O3. The average Bonchev–Trinajstić information content (AvgIpc) is 2.82. The molecule has 0 saturated heterocycles. The fourth-order valence-electron chi connectivity index (χ4n) is 4.91. The molecule has 3 unspecified atom stereocenters. The van der Waals surface area contributed by atoms with Crippen molar-refractivity contribution in [3.8, 4) is 11.5 Å². The minimum atomic E-state index is -0.0533. The lowest BCUT2D eigenvalue weighted by atomic mass is 9.88. The van der Waals surface area contributed by atoms with Gasteiger partial charge in [-0.25, -0.2) is 0 Å². The van der Waals surface area contributed by atoms with Crippen LogP contribution in [0.5, 0.6) is 11.5 Å². The van der Waals surface area contributed by atoms with Gasteiger partial charge in [0.2, 0.25) is 0 Å². The summed E-state index contributed by atoms with van der Waals surface area (Å²) in [6.45, 7) is 4.42. The van der Waals surface area contributed by atoms with Gasteiger partial charge in [0.15, 0.2) is 11.5 Å². The summed E-state index contributed by atoms with van der Waals surface area (Å²) in [5.74, 6) is 1.18. The van der Waals surface area contributed by atoms with Gasteiger partial charge in [-0.15, -0.1) is 12.4 Å². The number of ether oxygens (including phenoxy) is 2. The van der Waals surface area contributed by atoms with Crippen LogP contribution >= 0.6 is 12.4 Å². The molecule has 1 aliphatic heterocycles. The van der Waals surface area contributed by atoms with Crippen LogP contribution in [0.25, 0.3) is 10.8 Å². The third-order valence-electron chi connectivity index (χ3n) is 6.88. The van der Waals surface area contributed by atoms with Crippen LogP contribution in [0.3, 0.4) is 0 Å². The molecule has 4 rings (SSSR count). The molecule has 0 saturated carbocycles. The standard InChI is InChI=1S/C27H32N2O3.ClH/c1-6-24(29(3)17(2)19-12-11-18-9-7-8-10-20(18)13-19)23-14-21-15-25(31-4)26(32-5)16-22(21)27(30)28-23;/h7-13,15-17,23-24H,6,14H2,1-5H3,(H,28,30);1H. The zero-order chi connectivity index (χ0) is 22.8. The number of benzene rings is 3. The second kappa shape index (κ2) is 10.4. The van der Waals surface area contributed by atoms with Crippen LogP contribution in [-0.2, 0) is 6.42 Å². The molecule has 33 heavy (non-hydrogen) atoms. The third-order valence-corrected chi connectivity index (χ3v) is 6.88. The Labute approximate surface area is 202 Å². The van der Waals surface area contributed by atoms with E-state index in [0.717, 1.165) is 18.4 Å². The van der Waals surface area contributed by atoms with Crippen LogP contribution < -0.4 is 14.8 Å². The number of fused-ring (bicyclic) bond motifs is 2. The van der Waals surface area contributed by atoms with Crippen molar-refractivity contribution in [3.63, 3.8) is 0 Å². The van der Waals surface area contributed by atoms with Crippen molar-refractivity contribution in [2.75, 3.05) is 21.3 Å². The van der Waals surface area contributed by atoms with Gasteiger partial charge < -0.3 is 14.8 Å². The van der Waals surface area contributed by atoms with E-state index in [4.69, 9.17) is 9.47 Å². The van der Waals surface area contributed by atoms with E-state index in [9.17, 15) is 4.79 Å². The Balaban J connectivity index is 0.00000306. The Morgan fingerprint density at radius 1 is 1.03 bits per heavy atom. The molecule has 0 bridgehead atoms. The lowest BCUT2D eigenvalue weighted by Gasteiger charge is -2.40. The summed E-state index contributed by atoms with van der Waals surface area (Å²) < 4.78 is 10.9. The predicted molar refractivity (Wildman–Crippen MR) is 136 cm³/mol. The van der Waals surface area contributed by atoms with E-state index < -0.39 is 0 Å². The van der Waals surface area contributed by atoms with E-state index in [1.807, 2.05) is 6.07 Å². The number of nitrogens with zero attached hydrogens (tertiary/aromatic N) is 1. The van der Waals surface area contributed by atoms with Gasteiger partial charge in [-0.2, -0.15) is 0 Å². The number of hydrogen-bond acceptors (Lipinski definition) is 4. The summed E-state index contributed by atoms with van der Waals surface area (Å²) in [5.41, 5.74) is 2.94. The highest BCUT2D eigenvalue weighted by Crippen LogP contribution is 2.34. The molecule has 1 aliphatic rings. The van der Waals surface area contributed by atoms with Gasteiger partial charge in [0.1, 0.15) is 0 Å². The van der Waals surface area contributed by atoms with Gasteiger partial charge in [0.05, 0.1) is 14.2 Å². The second-order valence-electron chi connectivity index (χ2n) is 8.57. The van der Waals surface area contributed by atoms with Crippen LogP contribution in [0.15, 0.2) is 54.6 Å². The van der Waals surface area contributed by atoms with Crippen molar-refractivity contribution in [3.05, 3.63) is 71.3 Å². The van der Waals surface area contributed by atoms with Gasteiger partial charge in [-0.3, -0.25) is 9.69 Å². The largest absolute Gasteiger partial charge is 0.493 e. The first-order chi connectivity index (χ1) is 15.5. The molecule has 0 radical (unpaired) electrons. The molecule has 1 N–H and O–H groups in total. The number of halogens is 1. The van der Waals surface area contributed by atoms with Crippen molar-refractivity contribution in [2.24, 2.45) is 0 Å². The molecule has 0 fully saturated rings. The summed E-state index contributed by atoms with van der Waals surface area (Å²) in [4.78, 5) is 15.4. The monoisotopic (exact) mass is 468 g/mol. The fraction of sp³-hybridized carbons (Fsp3) is 0.370. The van der Waals surface area contributed by atoms with Crippen LogP contribution in [0.2, 0.25) is 0 Å². The molecule has 0 spiro atoms. The number of amides is 1. The summed E-state index contributed by atoms with van der Waals surface area (Å²) in [6.07, 6.45) is 1.69. The smallest absolute Gasteiger partial charge is 0.251 e. The summed E-state index contributed by atoms with van der Waals surface area (Å²) >= 11 is 0. The van der Waals surface area contributed by atoms with Gasteiger partial charge >= 0.3 is 0 Å². The second-order valence-corrected chi connectivity index (χ2v) is 8.57. The molecule has 3 aromatic rings. The van der Waals surface area contributed by atoms with Gasteiger partial charge in [-0.1, -0.05) is 43.3 Å². The Morgan fingerprint density at radius 2 is 1.70 bits per heavy atom. The maximum Gasteiger partial charge on any atom is 0.251 e. The van der Waals surface area contributed by atoms with E-state index in [1.54, 1.807) is 20.3 Å². The van der Waals surface area contributed by atoms with Crippen LogP contribution in [0.4, 0.5) is 0 Å². The van der Waals surface area contributed by atoms with E-state index in [-0.39, 0.29) is 36.4 Å². The molecule has 176 valence electrons. The Bertz CT molecular complexity index is 1130. The Morgan fingerprint density at radius 3 is 2.36 bits per heavy atom. The Kier molecular flexibility index (Phi) is 7.88. The Hall–Kier alpha value is -2.76. The van der Waals surface area contributed by atoms with E-state index in [1.165, 1.54) is 16.3 Å². The third kappa shape index (κ3) is 4.80. The van der Waals surface area contributed by atoms with Crippen molar-refractivity contribution in [2.45, 2.75) is 44.8 Å². The first-order valence-electron chi connectivity index (χ1n) is 11.2. The van der Waals surface area contributed by atoms with Crippen molar-refractivity contribution >= 4 is 29.1 Å². The number of likely N-dealkylation sites (N-methyl/N-ethyl adjacent to an activating group) is 1. The maximum atomic E-state index is 13.0. The van der Waals surface area contributed by atoms with E-state index in [2.05, 4.69) is 73.6 Å². The quantitative estimate of drug-likeness (QED) is 0.504. The number of carbonyl (C=O) groups is 1. The highest BCUT2D eigenvalue weighted by Gasteiger charge is 2.34. The lowest BCUT2D eigenvalue weighted by Crippen LogP contribution is -2.54. The van der Waals surface area contributed by atoms with Crippen LogP contribution in [0.1, 0.15) is 47.8 Å². The molecule has 0 aliphatic carbocycles. The molecule has 1 heterocycles. The zero-order valence-corrected chi connectivity index (χ0v) is 20.7. The zero-order valence-electron chi connectivity index (χ0n) is 19.9. The van der Waals surface area contributed by atoms with Gasteiger partial charge in [-0.05, 0) is 66.9 Å². The van der Waals surface area contributed by atoms with Crippen LogP contribution in [-0.4, -0.2) is 44.2 Å². The molecule has 6 heteroatoms. The number of carbonyl (C=O) groups excluding carboxylic acids is 1. The highest BCUT2D eigenvalue weighted by molar-refractivity contribution is 5.98.